The Labute approximate surface area is 99.8 Å². The monoisotopic (exact) mass is 240 g/mol. The number of nitrogens with zero attached hydrogens (tertiary/aromatic N) is 1. The molecule has 17 heavy (non-hydrogen) atoms. The molecular formula is C11H16N2O4. The molecule has 3 N–H and O–H groups in total. The molecule has 0 aliphatic rings. The van der Waals surface area contributed by atoms with Crippen molar-refractivity contribution in [2.45, 2.75) is 25.7 Å². The average molecular weight is 240 g/mol. The van der Waals surface area contributed by atoms with Gasteiger partial charge in [0.1, 0.15) is 6.54 Å². The van der Waals surface area contributed by atoms with Crippen LogP contribution < -0.4 is 5.73 Å². The SMILES string of the molecule is C#CCCCCC(=O)N(CC(N)=O)CC(=O)O. The Kier molecular flexibility index (Phi) is 7.19. The highest BCUT2D eigenvalue weighted by Gasteiger charge is 2.17. The van der Waals surface area contributed by atoms with Gasteiger partial charge in [-0.1, -0.05) is 0 Å². The van der Waals surface area contributed by atoms with Gasteiger partial charge in [-0.15, -0.1) is 12.3 Å². The number of nitrogens with two attached hydrogens (primary N) is 1. The number of primary amides is 1. The third-order valence-electron chi connectivity index (χ3n) is 1.99. The molecule has 0 fully saturated rings. The summed E-state index contributed by atoms with van der Waals surface area (Å²) >= 11 is 0. The topological polar surface area (TPSA) is 101 Å². The molecule has 0 aliphatic heterocycles. The number of unbranched alkanes of at least 4 members (excludes halogenated alkanes) is 2. The molecule has 0 heterocycles. The number of terminal acetylenes is 1. The number of aliphatic carboxylic acids is 1. The molecule has 0 aromatic heterocycles. The van der Waals surface area contributed by atoms with Crippen LogP contribution in [-0.2, 0) is 14.4 Å². The van der Waals surface area contributed by atoms with Crippen molar-refractivity contribution in [3.63, 3.8) is 0 Å². The van der Waals surface area contributed by atoms with Gasteiger partial charge in [-0.3, -0.25) is 14.4 Å². The third-order valence-corrected chi connectivity index (χ3v) is 1.99. The standard InChI is InChI=1S/C11H16N2O4/c1-2-3-4-5-6-10(15)13(7-9(12)14)8-11(16)17/h1H,3-8H2,(H2,12,14)(H,16,17). The summed E-state index contributed by atoms with van der Waals surface area (Å²) in [7, 11) is 0. The number of amides is 2. The van der Waals surface area contributed by atoms with Gasteiger partial charge in [0.25, 0.3) is 0 Å². The maximum atomic E-state index is 11.6. The average Bonchev–Trinajstić information content (AvgIpc) is 2.22. The van der Waals surface area contributed by atoms with Gasteiger partial charge >= 0.3 is 5.97 Å². The Balaban J connectivity index is 4.18. The normalized spacial score (nSPS) is 9.35. The van der Waals surface area contributed by atoms with Crippen molar-refractivity contribution in [3.8, 4) is 12.3 Å². The zero-order chi connectivity index (χ0) is 13.3. The second-order valence-corrected chi connectivity index (χ2v) is 3.52. The fraction of sp³-hybridized carbons (Fsp3) is 0.545. The van der Waals surface area contributed by atoms with Gasteiger partial charge in [-0.25, -0.2) is 0 Å². The molecule has 94 valence electrons. The zero-order valence-corrected chi connectivity index (χ0v) is 9.52. The molecule has 0 spiro atoms. The minimum atomic E-state index is -1.18. The Bertz CT molecular complexity index is 317. The fourth-order valence-electron chi connectivity index (χ4n) is 1.25. The van der Waals surface area contributed by atoms with E-state index in [9.17, 15) is 14.4 Å². The van der Waals surface area contributed by atoms with Gasteiger partial charge in [0.2, 0.25) is 11.8 Å². The molecule has 6 heteroatoms. The zero-order valence-electron chi connectivity index (χ0n) is 9.52. The maximum Gasteiger partial charge on any atom is 0.323 e. The predicted molar refractivity (Wildman–Crippen MR) is 60.7 cm³/mol. The van der Waals surface area contributed by atoms with E-state index in [1.54, 1.807) is 0 Å². The largest absolute Gasteiger partial charge is 0.480 e. The summed E-state index contributed by atoms with van der Waals surface area (Å²) in [5.41, 5.74) is 4.93. The van der Waals surface area contributed by atoms with Crippen LogP contribution in [0, 0.1) is 12.3 Å². The summed E-state index contributed by atoms with van der Waals surface area (Å²) in [6, 6.07) is 0. The molecule has 0 aromatic rings. The van der Waals surface area contributed by atoms with Crippen LogP contribution in [0.5, 0.6) is 0 Å². The smallest absolute Gasteiger partial charge is 0.323 e. The van der Waals surface area contributed by atoms with Crippen molar-refractivity contribution in [1.82, 2.24) is 4.90 Å². The van der Waals surface area contributed by atoms with E-state index in [4.69, 9.17) is 17.3 Å². The molecule has 0 rings (SSSR count). The summed E-state index contributed by atoms with van der Waals surface area (Å²) < 4.78 is 0. The summed E-state index contributed by atoms with van der Waals surface area (Å²) in [6.07, 6.45) is 7.05. The van der Waals surface area contributed by atoms with Gasteiger partial charge in [0.05, 0.1) is 6.54 Å². The van der Waals surface area contributed by atoms with Crippen LogP contribution >= 0.6 is 0 Å². The molecule has 0 radical (unpaired) electrons. The summed E-state index contributed by atoms with van der Waals surface area (Å²) in [5.74, 6) is 0.131. The minimum Gasteiger partial charge on any atom is -0.480 e. The van der Waals surface area contributed by atoms with Crippen LogP contribution in [0.3, 0.4) is 0 Å². The molecular weight excluding hydrogens is 224 g/mol. The van der Waals surface area contributed by atoms with E-state index < -0.39 is 24.3 Å². The second kappa shape index (κ2) is 8.16. The molecule has 0 aromatic carbocycles. The van der Waals surface area contributed by atoms with Crippen molar-refractivity contribution in [1.29, 1.82) is 0 Å². The van der Waals surface area contributed by atoms with E-state index in [2.05, 4.69) is 5.92 Å². The Morgan fingerprint density at radius 2 is 1.88 bits per heavy atom. The van der Waals surface area contributed by atoms with Crippen LogP contribution in [0.1, 0.15) is 25.7 Å². The highest BCUT2D eigenvalue weighted by Crippen LogP contribution is 2.03. The van der Waals surface area contributed by atoms with E-state index in [0.29, 0.717) is 19.3 Å². The van der Waals surface area contributed by atoms with Crippen molar-refractivity contribution in [2.24, 2.45) is 5.73 Å². The van der Waals surface area contributed by atoms with E-state index in [-0.39, 0.29) is 13.0 Å². The molecule has 0 saturated heterocycles. The second-order valence-electron chi connectivity index (χ2n) is 3.52. The summed E-state index contributed by atoms with van der Waals surface area (Å²) in [5, 5.41) is 8.58. The molecule has 0 aliphatic carbocycles. The van der Waals surface area contributed by atoms with Crippen LogP contribution in [0.15, 0.2) is 0 Å². The predicted octanol–water partition coefficient (Wildman–Crippen LogP) is -0.421. The number of carbonyl (C=O) groups is 3. The van der Waals surface area contributed by atoms with Crippen LogP contribution in [-0.4, -0.2) is 40.9 Å². The first kappa shape index (κ1) is 15.0. The first-order valence-corrected chi connectivity index (χ1v) is 5.18. The maximum absolute atomic E-state index is 11.6. The molecule has 0 unspecified atom stereocenters. The van der Waals surface area contributed by atoms with E-state index >= 15 is 0 Å². The first-order chi connectivity index (χ1) is 7.97. The Morgan fingerprint density at radius 3 is 2.35 bits per heavy atom. The lowest BCUT2D eigenvalue weighted by atomic mass is 10.2. The quantitative estimate of drug-likeness (QED) is 0.444. The lowest BCUT2D eigenvalue weighted by Gasteiger charge is -2.18. The Morgan fingerprint density at radius 1 is 1.24 bits per heavy atom. The molecule has 2 amide bonds. The van der Waals surface area contributed by atoms with Gasteiger partial charge in [-0.05, 0) is 12.8 Å². The number of carboxylic acid groups (broad SMARTS) is 1. The fourth-order valence-corrected chi connectivity index (χ4v) is 1.25. The molecule has 0 saturated carbocycles. The highest BCUT2D eigenvalue weighted by molar-refractivity contribution is 5.86. The number of hydrogen-bond acceptors (Lipinski definition) is 3. The van der Waals surface area contributed by atoms with Crippen molar-refractivity contribution in [3.05, 3.63) is 0 Å². The van der Waals surface area contributed by atoms with Crippen LogP contribution in [0.2, 0.25) is 0 Å². The molecule has 0 atom stereocenters. The van der Waals surface area contributed by atoms with Gasteiger partial charge in [0.15, 0.2) is 0 Å². The van der Waals surface area contributed by atoms with E-state index in [1.165, 1.54) is 0 Å². The summed E-state index contributed by atoms with van der Waals surface area (Å²) in [6.45, 7) is -0.892. The third kappa shape index (κ3) is 7.85. The number of rotatable bonds is 8. The van der Waals surface area contributed by atoms with Crippen molar-refractivity contribution in [2.75, 3.05) is 13.1 Å². The van der Waals surface area contributed by atoms with E-state index in [0.717, 1.165) is 4.90 Å². The minimum absolute atomic E-state index is 0.169. The Hall–Kier alpha value is -2.03. The van der Waals surface area contributed by atoms with Crippen LogP contribution in [0.25, 0.3) is 0 Å². The van der Waals surface area contributed by atoms with Crippen molar-refractivity contribution < 1.29 is 19.5 Å². The van der Waals surface area contributed by atoms with Gasteiger partial charge in [0, 0.05) is 12.8 Å². The molecule has 6 nitrogen and oxygen atoms in total. The highest BCUT2D eigenvalue weighted by atomic mass is 16.4. The lowest BCUT2D eigenvalue weighted by molar-refractivity contribution is -0.145. The van der Waals surface area contributed by atoms with Gasteiger partial charge in [-0.2, -0.15) is 0 Å². The summed E-state index contributed by atoms with van der Waals surface area (Å²) in [4.78, 5) is 33.7. The van der Waals surface area contributed by atoms with Crippen LogP contribution in [0.4, 0.5) is 0 Å². The first-order valence-electron chi connectivity index (χ1n) is 5.18. The van der Waals surface area contributed by atoms with Gasteiger partial charge < -0.3 is 15.7 Å². The number of hydrogen-bond donors (Lipinski definition) is 2. The van der Waals surface area contributed by atoms with E-state index in [1.807, 2.05) is 0 Å². The lowest BCUT2D eigenvalue weighted by Crippen LogP contribution is -2.41. The number of carbonyl (C=O) groups excluding carboxylic acids is 2. The van der Waals surface area contributed by atoms with Crippen molar-refractivity contribution >= 4 is 17.8 Å². The molecule has 0 bridgehead atoms. The number of carboxylic acids is 1.